The molecular formula is C23H21ClPS+. The quantitative estimate of drug-likeness (QED) is 0.382. The van der Waals surface area contributed by atoms with E-state index in [-0.39, 0.29) is 12.4 Å². The fourth-order valence-corrected chi connectivity index (χ4v) is 8.83. The molecule has 0 nitrogen and oxygen atoms in total. The van der Waals surface area contributed by atoms with Crippen LogP contribution in [0.4, 0.5) is 0 Å². The Morgan fingerprint density at radius 3 is 1.31 bits per heavy atom. The van der Waals surface area contributed by atoms with Crippen molar-refractivity contribution in [3.63, 3.8) is 0 Å². The summed E-state index contributed by atoms with van der Waals surface area (Å²) in [6.07, 6.45) is 1.07. The summed E-state index contributed by atoms with van der Waals surface area (Å²) in [7, 11) is -1.73. The molecule has 4 rings (SSSR count). The molecule has 0 spiro atoms. The van der Waals surface area contributed by atoms with Crippen molar-refractivity contribution < 1.29 is 0 Å². The third-order valence-electron chi connectivity index (χ3n) is 4.56. The summed E-state index contributed by atoms with van der Waals surface area (Å²) in [4.78, 5) is 1.45. The molecule has 3 aromatic carbocycles. The first-order valence-electron chi connectivity index (χ1n) is 8.47. The maximum atomic E-state index is 2.31. The van der Waals surface area contributed by atoms with Gasteiger partial charge in [-0.25, -0.2) is 0 Å². The van der Waals surface area contributed by atoms with Gasteiger partial charge in [-0.3, -0.25) is 0 Å². The fraction of sp³-hybridized carbons (Fsp3) is 0.0435. The van der Waals surface area contributed by atoms with E-state index in [0.29, 0.717) is 0 Å². The molecule has 0 unspecified atom stereocenters. The van der Waals surface area contributed by atoms with E-state index in [0.717, 1.165) is 6.16 Å². The molecule has 0 saturated carbocycles. The highest BCUT2D eigenvalue weighted by atomic mass is 35.5. The van der Waals surface area contributed by atoms with Crippen LogP contribution in [-0.4, -0.2) is 0 Å². The molecule has 1 heterocycles. The average Bonchev–Trinajstić information content (AvgIpc) is 3.21. The van der Waals surface area contributed by atoms with Crippen LogP contribution in [0, 0.1) is 0 Å². The smallest absolute Gasteiger partial charge is 0.117 e. The highest BCUT2D eigenvalue weighted by molar-refractivity contribution is 7.95. The van der Waals surface area contributed by atoms with Crippen LogP contribution in [0.5, 0.6) is 0 Å². The summed E-state index contributed by atoms with van der Waals surface area (Å²) in [5.74, 6) is 0. The summed E-state index contributed by atoms with van der Waals surface area (Å²) < 4.78 is 0. The van der Waals surface area contributed by atoms with Crippen LogP contribution in [0.1, 0.15) is 4.88 Å². The Bertz CT molecular complexity index is 810. The molecule has 130 valence electrons. The fourth-order valence-electron chi connectivity index (χ4n) is 3.40. The minimum atomic E-state index is -1.73. The molecule has 0 atom stereocenters. The number of hydrogen-bond donors (Lipinski definition) is 0. The summed E-state index contributed by atoms with van der Waals surface area (Å²) in [5, 5.41) is 6.52. The van der Waals surface area contributed by atoms with Crippen molar-refractivity contribution in [2.45, 2.75) is 6.16 Å². The van der Waals surface area contributed by atoms with Gasteiger partial charge < -0.3 is 0 Å². The van der Waals surface area contributed by atoms with Crippen LogP contribution in [0.25, 0.3) is 0 Å². The van der Waals surface area contributed by atoms with Crippen LogP contribution < -0.4 is 15.9 Å². The van der Waals surface area contributed by atoms with Crippen molar-refractivity contribution in [2.75, 3.05) is 0 Å². The lowest BCUT2D eigenvalue weighted by molar-refractivity contribution is 1.50. The molecule has 0 bridgehead atoms. The first-order chi connectivity index (χ1) is 12.4. The molecule has 1 aromatic heterocycles. The van der Waals surface area contributed by atoms with Gasteiger partial charge in [0.25, 0.3) is 0 Å². The zero-order valence-electron chi connectivity index (χ0n) is 14.4. The van der Waals surface area contributed by atoms with Crippen LogP contribution in [0.2, 0.25) is 0 Å². The minimum absolute atomic E-state index is 0. The van der Waals surface area contributed by atoms with Gasteiger partial charge in [0.1, 0.15) is 29.3 Å². The van der Waals surface area contributed by atoms with Crippen LogP contribution in [-0.2, 0) is 6.16 Å². The predicted molar refractivity (Wildman–Crippen MR) is 120 cm³/mol. The van der Waals surface area contributed by atoms with E-state index in [4.69, 9.17) is 0 Å². The summed E-state index contributed by atoms with van der Waals surface area (Å²) in [5.41, 5.74) is 0. The summed E-state index contributed by atoms with van der Waals surface area (Å²) in [6, 6.07) is 37.6. The van der Waals surface area contributed by atoms with Crippen LogP contribution in [0.15, 0.2) is 109 Å². The highest BCUT2D eigenvalue weighted by Gasteiger charge is 2.45. The van der Waals surface area contributed by atoms with E-state index in [9.17, 15) is 0 Å². The number of hydrogen-bond acceptors (Lipinski definition) is 1. The Balaban J connectivity index is 0.00000196. The Hall–Kier alpha value is -1.92. The molecule has 0 fully saturated rings. The monoisotopic (exact) mass is 395 g/mol. The molecule has 0 radical (unpaired) electrons. The second kappa shape index (κ2) is 8.64. The van der Waals surface area contributed by atoms with Gasteiger partial charge in [0.15, 0.2) is 0 Å². The number of rotatable bonds is 5. The molecule has 0 aliphatic carbocycles. The van der Waals surface area contributed by atoms with Crippen molar-refractivity contribution in [1.82, 2.24) is 0 Å². The molecule has 26 heavy (non-hydrogen) atoms. The SMILES string of the molecule is Cl.c1ccc([P+](Cc2cccs2)(c2ccccc2)c2ccccc2)cc1. The van der Waals surface area contributed by atoms with Gasteiger partial charge in [0, 0.05) is 4.88 Å². The zero-order chi connectivity index (χ0) is 17.0. The Morgan fingerprint density at radius 1 is 0.538 bits per heavy atom. The largest absolute Gasteiger partial charge is 0.147 e. The first kappa shape index (κ1) is 18.9. The van der Waals surface area contributed by atoms with Gasteiger partial charge in [-0.1, -0.05) is 60.7 Å². The highest BCUT2D eigenvalue weighted by Crippen LogP contribution is 2.58. The van der Waals surface area contributed by atoms with E-state index in [1.54, 1.807) is 0 Å². The summed E-state index contributed by atoms with van der Waals surface area (Å²) >= 11 is 1.86. The van der Waals surface area contributed by atoms with E-state index in [1.807, 2.05) is 11.3 Å². The Labute approximate surface area is 166 Å². The Morgan fingerprint density at radius 2 is 0.962 bits per heavy atom. The normalized spacial score (nSPS) is 10.9. The second-order valence-corrected chi connectivity index (χ2v) is 10.6. The number of thiophene rings is 1. The van der Waals surface area contributed by atoms with Gasteiger partial charge >= 0.3 is 0 Å². The number of benzene rings is 3. The van der Waals surface area contributed by atoms with Gasteiger partial charge in [-0.05, 0) is 47.8 Å². The molecule has 0 N–H and O–H groups in total. The van der Waals surface area contributed by atoms with Gasteiger partial charge in [0.2, 0.25) is 0 Å². The standard InChI is InChI=1S/C23H20PS.ClH/c1-4-11-20(12-5-1)24(19-23-17-10-18-25-23,21-13-6-2-7-14-21)22-15-8-3-9-16-22;/h1-18H,19H2;1H/q+1;. The first-order valence-corrected chi connectivity index (χ1v) is 11.3. The lowest BCUT2D eigenvalue weighted by Crippen LogP contribution is -2.32. The minimum Gasteiger partial charge on any atom is -0.147 e. The molecule has 3 heteroatoms. The van der Waals surface area contributed by atoms with Crippen molar-refractivity contribution in [2.24, 2.45) is 0 Å². The van der Waals surface area contributed by atoms with Gasteiger partial charge in [0.05, 0.1) is 0 Å². The maximum absolute atomic E-state index is 2.31. The maximum Gasteiger partial charge on any atom is 0.117 e. The lowest BCUT2D eigenvalue weighted by atomic mass is 10.4. The molecule has 0 aliphatic heterocycles. The van der Waals surface area contributed by atoms with Crippen molar-refractivity contribution in [3.8, 4) is 0 Å². The molecule has 4 aromatic rings. The third kappa shape index (κ3) is 3.62. The second-order valence-electron chi connectivity index (χ2n) is 6.05. The van der Waals surface area contributed by atoms with E-state index in [1.165, 1.54) is 20.8 Å². The lowest BCUT2D eigenvalue weighted by Gasteiger charge is -2.27. The zero-order valence-corrected chi connectivity index (χ0v) is 16.9. The molecule has 0 saturated heterocycles. The van der Waals surface area contributed by atoms with E-state index >= 15 is 0 Å². The molecule has 0 amide bonds. The van der Waals surface area contributed by atoms with Crippen LogP contribution in [0.3, 0.4) is 0 Å². The van der Waals surface area contributed by atoms with Crippen molar-refractivity contribution in [1.29, 1.82) is 0 Å². The topological polar surface area (TPSA) is 0 Å². The van der Waals surface area contributed by atoms with Gasteiger partial charge in [-0.2, -0.15) is 0 Å². The van der Waals surface area contributed by atoms with Crippen molar-refractivity contribution in [3.05, 3.63) is 113 Å². The van der Waals surface area contributed by atoms with Gasteiger partial charge in [-0.15, -0.1) is 23.7 Å². The molecular weight excluding hydrogens is 375 g/mol. The Kier molecular flexibility index (Phi) is 6.27. The third-order valence-corrected chi connectivity index (χ3v) is 10.0. The molecule has 0 aliphatic rings. The van der Waals surface area contributed by atoms with E-state index in [2.05, 4.69) is 109 Å². The predicted octanol–water partition coefficient (Wildman–Crippen LogP) is 5.66. The average molecular weight is 396 g/mol. The van der Waals surface area contributed by atoms with E-state index < -0.39 is 7.26 Å². The number of halogens is 1. The van der Waals surface area contributed by atoms with Crippen LogP contribution >= 0.6 is 31.0 Å². The summed E-state index contributed by atoms with van der Waals surface area (Å²) in [6.45, 7) is 0. The van der Waals surface area contributed by atoms with Crippen molar-refractivity contribution >= 4 is 46.9 Å².